The molecule has 0 fully saturated rings. The van der Waals surface area contributed by atoms with Crippen molar-refractivity contribution in [2.45, 2.75) is 53.8 Å². The minimum absolute atomic E-state index is 0.182. The zero-order valence-electron chi connectivity index (χ0n) is 20.5. The summed E-state index contributed by atoms with van der Waals surface area (Å²) in [4.78, 5) is 9.13. The molecule has 184 valence electrons. The van der Waals surface area contributed by atoms with E-state index in [1.807, 2.05) is 39.8 Å². The van der Waals surface area contributed by atoms with Crippen LogP contribution in [0.25, 0.3) is 10.9 Å². The van der Waals surface area contributed by atoms with E-state index in [0.29, 0.717) is 47.0 Å². The Hall–Kier alpha value is -2.60. The van der Waals surface area contributed by atoms with Gasteiger partial charge in [-0.05, 0) is 57.0 Å². The van der Waals surface area contributed by atoms with Crippen LogP contribution in [-0.4, -0.2) is 28.8 Å². The summed E-state index contributed by atoms with van der Waals surface area (Å²) < 4.78 is 54.0. The van der Waals surface area contributed by atoms with Crippen LogP contribution in [-0.2, 0) is 10.7 Å². The number of nitrogens with zero attached hydrogens (tertiary/aromatic N) is 2. The first kappa shape index (κ1) is 26.0. The lowest BCUT2D eigenvalue weighted by Crippen LogP contribution is -2.17. The molecule has 9 heteroatoms. The number of anilines is 2. The molecule has 34 heavy (non-hydrogen) atoms. The van der Waals surface area contributed by atoms with Crippen molar-refractivity contribution in [1.82, 2.24) is 9.97 Å². The van der Waals surface area contributed by atoms with Crippen LogP contribution >= 0.6 is 7.14 Å². The molecule has 0 bridgehead atoms. The van der Waals surface area contributed by atoms with E-state index in [1.54, 1.807) is 13.0 Å². The van der Waals surface area contributed by atoms with Gasteiger partial charge in [0.15, 0.2) is 0 Å². The van der Waals surface area contributed by atoms with Crippen molar-refractivity contribution in [3.8, 4) is 0 Å². The van der Waals surface area contributed by atoms with Gasteiger partial charge in [-0.3, -0.25) is 0 Å². The Labute approximate surface area is 199 Å². The van der Waals surface area contributed by atoms with Crippen molar-refractivity contribution in [1.29, 1.82) is 0 Å². The second-order valence-electron chi connectivity index (χ2n) is 8.44. The molecule has 5 nitrogen and oxygen atoms in total. The number of alkyl halides is 3. The lowest BCUT2D eigenvalue weighted by Gasteiger charge is -2.23. The van der Waals surface area contributed by atoms with Crippen molar-refractivity contribution in [3.63, 3.8) is 0 Å². The van der Waals surface area contributed by atoms with Crippen molar-refractivity contribution in [2.75, 3.05) is 29.5 Å². The highest BCUT2D eigenvalue weighted by Gasteiger charge is 2.33. The highest BCUT2D eigenvalue weighted by molar-refractivity contribution is 7.71. The Bertz CT molecular complexity index is 1240. The van der Waals surface area contributed by atoms with E-state index >= 15 is 0 Å². The van der Waals surface area contributed by atoms with Crippen molar-refractivity contribution < 1.29 is 17.7 Å². The summed E-state index contributed by atoms with van der Waals surface area (Å²) >= 11 is 0. The Balaban J connectivity index is 2.16. The third kappa shape index (κ3) is 5.07. The van der Waals surface area contributed by atoms with Crippen LogP contribution in [0.3, 0.4) is 0 Å². The maximum Gasteiger partial charge on any atom is 0.416 e. The zero-order chi connectivity index (χ0) is 25.3. The van der Waals surface area contributed by atoms with E-state index in [0.717, 1.165) is 17.1 Å². The summed E-state index contributed by atoms with van der Waals surface area (Å²) in [5.74, 6) is 1.04. The average molecular weight is 493 g/mol. The third-order valence-corrected chi connectivity index (χ3v) is 9.55. The number of fused-ring (bicyclic) bond motifs is 1. The van der Waals surface area contributed by atoms with E-state index in [4.69, 9.17) is 0 Å². The number of aryl methyl sites for hydroxylation is 1. The highest BCUT2D eigenvalue weighted by atomic mass is 31.2. The fraction of sp³-hybridized carbons (Fsp3) is 0.440. The maximum atomic E-state index is 13.7. The van der Waals surface area contributed by atoms with Gasteiger partial charge in [0, 0.05) is 35.2 Å². The van der Waals surface area contributed by atoms with Crippen molar-refractivity contribution in [3.05, 3.63) is 52.8 Å². The minimum atomic E-state index is -4.42. The monoisotopic (exact) mass is 492 g/mol. The quantitative estimate of drug-likeness (QED) is 0.335. The number of hydrogen-bond donors (Lipinski definition) is 2. The Kier molecular flexibility index (Phi) is 7.61. The Morgan fingerprint density at radius 2 is 1.74 bits per heavy atom. The van der Waals surface area contributed by atoms with E-state index in [2.05, 4.69) is 20.6 Å². The molecule has 0 aliphatic carbocycles. The molecule has 2 aromatic carbocycles. The lowest BCUT2D eigenvalue weighted by atomic mass is 9.97. The molecule has 1 aromatic heterocycles. The second kappa shape index (κ2) is 9.95. The molecular formula is C25H32F3N4OP. The molecule has 0 aliphatic rings. The van der Waals surface area contributed by atoms with Gasteiger partial charge < -0.3 is 15.2 Å². The van der Waals surface area contributed by atoms with Crippen molar-refractivity contribution in [2.24, 2.45) is 0 Å². The molecular weight excluding hydrogens is 460 g/mol. The van der Waals surface area contributed by atoms with Gasteiger partial charge in [0.1, 0.15) is 18.8 Å². The number of benzene rings is 2. The summed E-state index contributed by atoms with van der Waals surface area (Å²) in [6.07, 6.45) is -3.36. The molecule has 0 unspecified atom stereocenters. The first-order valence-electron chi connectivity index (χ1n) is 11.5. The molecule has 0 saturated heterocycles. The summed E-state index contributed by atoms with van der Waals surface area (Å²) in [7, 11) is -2.63. The fourth-order valence-electron chi connectivity index (χ4n) is 4.34. The Morgan fingerprint density at radius 3 is 2.32 bits per heavy atom. The zero-order valence-corrected chi connectivity index (χ0v) is 21.4. The van der Waals surface area contributed by atoms with E-state index < -0.39 is 24.9 Å². The van der Waals surface area contributed by atoms with E-state index in [9.17, 15) is 17.7 Å². The van der Waals surface area contributed by atoms with Gasteiger partial charge >= 0.3 is 6.18 Å². The predicted molar refractivity (Wildman–Crippen MR) is 135 cm³/mol. The molecule has 1 atom stereocenters. The molecule has 1 heterocycles. The molecule has 0 saturated carbocycles. The molecule has 2 N–H and O–H groups in total. The second-order valence-corrected chi connectivity index (χ2v) is 12.0. The molecule has 0 amide bonds. The standard InChI is InChI=1S/C25H32F3N4OP/c1-7-29-22-14-21-19(13-23(22)34(33,8-2)9-3)24(32-17(6)31-21)30-16(5)18-11-10-12-20(15(18)4)25(26,27)28/h10-14,16,29H,7-9H2,1-6H3,(H,30,31,32)/t16-/m1/s1. The maximum absolute atomic E-state index is 13.7. The van der Waals surface area contributed by atoms with Gasteiger partial charge in [-0.1, -0.05) is 26.0 Å². The van der Waals surface area contributed by atoms with Gasteiger partial charge in [0.2, 0.25) is 0 Å². The van der Waals surface area contributed by atoms with E-state index in [1.165, 1.54) is 13.0 Å². The van der Waals surface area contributed by atoms with Gasteiger partial charge in [-0.15, -0.1) is 0 Å². The van der Waals surface area contributed by atoms with Crippen LogP contribution in [0.4, 0.5) is 24.7 Å². The highest BCUT2D eigenvalue weighted by Crippen LogP contribution is 2.47. The van der Waals surface area contributed by atoms with Crippen LogP contribution < -0.4 is 15.9 Å². The SMILES string of the molecule is CCNc1cc2nc(C)nc(N[C@H](C)c3cccc(C(F)(F)F)c3C)c2cc1P(=O)(CC)CC. The van der Waals surface area contributed by atoms with Crippen LogP contribution in [0, 0.1) is 13.8 Å². The van der Waals surface area contributed by atoms with Crippen LogP contribution in [0.2, 0.25) is 0 Å². The lowest BCUT2D eigenvalue weighted by molar-refractivity contribution is -0.138. The van der Waals surface area contributed by atoms with E-state index in [-0.39, 0.29) is 5.56 Å². The predicted octanol–water partition coefficient (Wildman–Crippen LogP) is 6.90. The normalized spacial score (nSPS) is 13.2. The number of nitrogens with one attached hydrogen (secondary N) is 2. The smallest absolute Gasteiger partial charge is 0.385 e. The van der Waals surface area contributed by atoms with Gasteiger partial charge in [-0.25, -0.2) is 9.97 Å². The molecule has 0 spiro atoms. The number of aromatic nitrogens is 2. The molecule has 3 aromatic rings. The molecule has 0 aliphatic heterocycles. The summed E-state index contributed by atoms with van der Waals surface area (Å²) in [6.45, 7) is 11.6. The topological polar surface area (TPSA) is 66.9 Å². The van der Waals surface area contributed by atoms with Gasteiger partial charge in [0.25, 0.3) is 0 Å². The minimum Gasteiger partial charge on any atom is -0.385 e. The van der Waals surface area contributed by atoms with Crippen LogP contribution in [0.1, 0.15) is 56.3 Å². The number of halogens is 3. The fourth-order valence-corrected chi connectivity index (χ4v) is 6.41. The number of rotatable bonds is 8. The van der Waals surface area contributed by atoms with Gasteiger partial charge in [0.05, 0.1) is 17.1 Å². The average Bonchev–Trinajstić information content (AvgIpc) is 2.77. The van der Waals surface area contributed by atoms with Crippen LogP contribution in [0.5, 0.6) is 0 Å². The Morgan fingerprint density at radius 1 is 1.06 bits per heavy atom. The largest absolute Gasteiger partial charge is 0.416 e. The summed E-state index contributed by atoms with van der Waals surface area (Å²) in [5, 5.41) is 8.07. The first-order chi connectivity index (χ1) is 15.9. The summed E-state index contributed by atoms with van der Waals surface area (Å²) in [6, 6.07) is 7.54. The molecule has 3 rings (SSSR count). The van der Waals surface area contributed by atoms with Gasteiger partial charge in [-0.2, -0.15) is 13.2 Å². The third-order valence-electron chi connectivity index (χ3n) is 6.25. The first-order valence-corrected chi connectivity index (χ1v) is 13.6. The van der Waals surface area contributed by atoms with Crippen LogP contribution in [0.15, 0.2) is 30.3 Å². The summed E-state index contributed by atoms with van der Waals surface area (Å²) in [5.41, 5.74) is 1.55. The molecule has 0 radical (unpaired) electrons. The number of hydrogen-bond acceptors (Lipinski definition) is 5. The van der Waals surface area contributed by atoms with Crippen molar-refractivity contribution >= 4 is 34.9 Å².